The molecule has 1 aromatic heterocycles. The Morgan fingerprint density at radius 2 is 1.86 bits per heavy atom. The van der Waals surface area contributed by atoms with Crippen molar-refractivity contribution in [2.45, 2.75) is 19.1 Å². The molecule has 0 amide bonds. The van der Waals surface area contributed by atoms with E-state index in [1.165, 1.54) is 12.1 Å². The summed E-state index contributed by atoms with van der Waals surface area (Å²) in [4.78, 5) is 0. The normalized spacial score (nSPS) is 13.4. The fraction of sp³-hybridized carbons (Fsp3) is 0.286. The Kier molecular flexibility index (Phi) is 5.20. The molecule has 0 saturated carbocycles. The van der Waals surface area contributed by atoms with Crippen molar-refractivity contribution in [1.82, 2.24) is 5.32 Å². The van der Waals surface area contributed by atoms with Gasteiger partial charge in [-0.3, -0.25) is 0 Å². The Labute approximate surface area is 134 Å². The lowest BCUT2D eigenvalue weighted by atomic mass is 9.95. The SMILES string of the molecule is CCNC(c1ccccc1C(F)(F)F)c1cc(Cl)sc1Cl. The second-order valence-electron chi connectivity index (χ2n) is 4.36. The third-order valence-corrected chi connectivity index (χ3v) is 4.50. The molecule has 0 spiro atoms. The summed E-state index contributed by atoms with van der Waals surface area (Å²) in [5, 5.41) is 3.05. The average molecular weight is 354 g/mol. The van der Waals surface area contributed by atoms with Crippen LogP contribution in [0.1, 0.15) is 29.7 Å². The summed E-state index contributed by atoms with van der Waals surface area (Å²) in [6, 6.07) is 6.44. The molecular weight excluding hydrogens is 342 g/mol. The molecule has 2 aromatic rings. The summed E-state index contributed by atoms with van der Waals surface area (Å²) in [6.45, 7) is 2.33. The fourth-order valence-electron chi connectivity index (χ4n) is 2.15. The predicted molar refractivity (Wildman–Crippen MR) is 81.3 cm³/mol. The topological polar surface area (TPSA) is 12.0 Å². The van der Waals surface area contributed by atoms with Crippen LogP contribution >= 0.6 is 34.5 Å². The molecule has 1 aromatic carbocycles. The zero-order chi connectivity index (χ0) is 15.6. The highest BCUT2D eigenvalue weighted by Gasteiger charge is 2.35. The van der Waals surface area contributed by atoms with Crippen molar-refractivity contribution in [3.05, 3.63) is 55.7 Å². The van der Waals surface area contributed by atoms with Gasteiger partial charge in [0.25, 0.3) is 0 Å². The summed E-state index contributed by atoms with van der Waals surface area (Å²) in [5.74, 6) is 0. The Balaban J connectivity index is 2.56. The van der Waals surface area contributed by atoms with Crippen LogP contribution in [0.4, 0.5) is 13.2 Å². The van der Waals surface area contributed by atoms with Gasteiger partial charge in [0.05, 0.1) is 20.3 Å². The van der Waals surface area contributed by atoms with E-state index in [1.807, 2.05) is 6.92 Å². The maximum Gasteiger partial charge on any atom is 0.416 e. The molecule has 0 aliphatic rings. The summed E-state index contributed by atoms with van der Waals surface area (Å²) < 4.78 is 40.4. The molecule has 1 N–H and O–H groups in total. The van der Waals surface area contributed by atoms with Crippen LogP contribution in [0, 0.1) is 0 Å². The molecule has 7 heteroatoms. The molecule has 1 nitrogen and oxygen atoms in total. The molecular formula is C14H12Cl2F3NS. The van der Waals surface area contributed by atoms with Gasteiger partial charge in [-0.05, 0) is 24.2 Å². The summed E-state index contributed by atoms with van der Waals surface area (Å²) in [6.07, 6.45) is -4.42. The highest BCUT2D eigenvalue weighted by molar-refractivity contribution is 7.20. The first-order valence-corrected chi connectivity index (χ1v) is 7.76. The van der Waals surface area contributed by atoms with Gasteiger partial charge in [0.2, 0.25) is 0 Å². The molecule has 0 bridgehead atoms. The molecule has 21 heavy (non-hydrogen) atoms. The van der Waals surface area contributed by atoms with Crippen LogP contribution in [0.15, 0.2) is 30.3 Å². The van der Waals surface area contributed by atoms with Gasteiger partial charge < -0.3 is 5.32 Å². The molecule has 0 aliphatic heterocycles. The van der Waals surface area contributed by atoms with Gasteiger partial charge in [0.15, 0.2) is 0 Å². The smallest absolute Gasteiger partial charge is 0.306 e. The van der Waals surface area contributed by atoms with E-state index in [4.69, 9.17) is 23.2 Å². The lowest BCUT2D eigenvalue weighted by molar-refractivity contribution is -0.138. The maximum absolute atomic E-state index is 13.2. The second-order valence-corrected chi connectivity index (χ2v) is 6.64. The van der Waals surface area contributed by atoms with E-state index in [2.05, 4.69) is 5.32 Å². The van der Waals surface area contributed by atoms with Crippen molar-refractivity contribution in [2.24, 2.45) is 0 Å². The van der Waals surface area contributed by atoms with Crippen LogP contribution in [0.2, 0.25) is 8.67 Å². The van der Waals surface area contributed by atoms with E-state index >= 15 is 0 Å². The van der Waals surface area contributed by atoms with E-state index in [1.54, 1.807) is 12.1 Å². The first kappa shape index (κ1) is 16.6. The Morgan fingerprint density at radius 3 is 2.38 bits per heavy atom. The monoisotopic (exact) mass is 353 g/mol. The number of thiophene rings is 1. The molecule has 0 saturated heterocycles. The van der Waals surface area contributed by atoms with Gasteiger partial charge in [0, 0.05) is 5.56 Å². The largest absolute Gasteiger partial charge is 0.416 e. The van der Waals surface area contributed by atoms with E-state index in [9.17, 15) is 13.2 Å². The average Bonchev–Trinajstić information content (AvgIpc) is 2.74. The first-order valence-electron chi connectivity index (χ1n) is 6.18. The minimum absolute atomic E-state index is 0.142. The van der Waals surface area contributed by atoms with Crippen LogP contribution in [0.5, 0.6) is 0 Å². The van der Waals surface area contributed by atoms with Crippen LogP contribution in [-0.2, 0) is 6.18 Å². The van der Waals surface area contributed by atoms with E-state index in [0.29, 0.717) is 20.8 Å². The van der Waals surface area contributed by atoms with Crippen molar-refractivity contribution in [1.29, 1.82) is 0 Å². The Hall–Kier alpha value is -0.750. The molecule has 0 fully saturated rings. The van der Waals surface area contributed by atoms with Crippen LogP contribution in [0.25, 0.3) is 0 Å². The Bertz CT molecular complexity index is 625. The van der Waals surface area contributed by atoms with E-state index < -0.39 is 17.8 Å². The number of alkyl halides is 3. The molecule has 0 aliphatic carbocycles. The van der Waals surface area contributed by atoms with E-state index in [0.717, 1.165) is 17.4 Å². The van der Waals surface area contributed by atoms with Crippen molar-refractivity contribution in [3.63, 3.8) is 0 Å². The summed E-state index contributed by atoms with van der Waals surface area (Å²) in [5.41, 5.74) is 0.0303. The van der Waals surface area contributed by atoms with Crippen molar-refractivity contribution < 1.29 is 13.2 Å². The number of hydrogen-bond donors (Lipinski definition) is 1. The number of halogens is 5. The van der Waals surface area contributed by atoms with Gasteiger partial charge >= 0.3 is 6.18 Å². The fourth-order valence-corrected chi connectivity index (χ4v) is 3.68. The summed E-state index contributed by atoms with van der Waals surface area (Å²) in [7, 11) is 0. The van der Waals surface area contributed by atoms with Gasteiger partial charge in [-0.15, -0.1) is 11.3 Å². The lowest BCUT2D eigenvalue weighted by Crippen LogP contribution is -2.24. The molecule has 114 valence electrons. The van der Waals surface area contributed by atoms with Gasteiger partial charge in [-0.25, -0.2) is 0 Å². The standard InChI is InChI=1S/C14H12Cl2F3NS/c1-2-20-12(9-7-11(15)21-13(9)16)8-5-3-4-6-10(8)14(17,18)19/h3-7,12,20H,2H2,1H3. The quantitative estimate of drug-likeness (QED) is 0.735. The van der Waals surface area contributed by atoms with Crippen LogP contribution < -0.4 is 5.32 Å². The zero-order valence-electron chi connectivity index (χ0n) is 11.0. The van der Waals surface area contributed by atoms with Crippen molar-refractivity contribution in [3.8, 4) is 0 Å². The predicted octanol–water partition coefficient (Wildman–Crippen LogP) is 5.77. The van der Waals surface area contributed by atoms with Crippen LogP contribution in [0.3, 0.4) is 0 Å². The highest BCUT2D eigenvalue weighted by Crippen LogP contribution is 2.41. The zero-order valence-corrected chi connectivity index (χ0v) is 13.3. The minimum Gasteiger partial charge on any atom is -0.306 e. The van der Waals surface area contributed by atoms with Crippen molar-refractivity contribution >= 4 is 34.5 Å². The van der Waals surface area contributed by atoms with Crippen molar-refractivity contribution in [2.75, 3.05) is 6.54 Å². The van der Waals surface area contributed by atoms with Gasteiger partial charge in [-0.2, -0.15) is 13.2 Å². The molecule has 1 unspecified atom stereocenters. The number of benzene rings is 1. The van der Waals surface area contributed by atoms with Gasteiger partial charge in [0.1, 0.15) is 0 Å². The summed E-state index contributed by atoms with van der Waals surface area (Å²) >= 11 is 13.2. The second kappa shape index (κ2) is 6.57. The van der Waals surface area contributed by atoms with E-state index in [-0.39, 0.29) is 5.56 Å². The third-order valence-electron chi connectivity index (χ3n) is 2.98. The number of nitrogens with one attached hydrogen (secondary N) is 1. The van der Waals surface area contributed by atoms with Crippen LogP contribution in [-0.4, -0.2) is 6.54 Å². The molecule has 1 heterocycles. The Morgan fingerprint density at radius 1 is 1.19 bits per heavy atom. The number of rotatable bonds is 4. The molecule has 0 radical (unpaired) electrons. The maximum atomic E-state index is 13.2. The third kappa shape index (κ3) is 3.72. The minimum atomic E-state index is -4.42. The highest BCUT2D eigenvalue weighted by atomic mass is 35.5. The molecule has 1 atom stereocenters. The number of hydrogen-bond acceptors (Lipinski definition) is 2. The lowest BCUT2D eigenvalue weighted by Gasteiger charge is -2.22. The van der Waals surface area contributed by atoms with Gasteiger partial charge in [-0.1, -0.05) is 48.3 Å². The first-order chi connectivity index (χ1) is 9.84. The molecule has 2 rings (SSSR count).